The van der Waals surface area contributed by atoms with Gasteiger partial charge in [0.25, 0.3) is 0 Å². The second-order valence-electron chi connectivity index (χ2n) is 8.13. The molecule has 4 rings (SSSR count). The van der Waals surface area contributed by atoms with Crippen LogP contribution in [0.5, 0.6) is 0 Å². The van der Waals surface area contributed by atoms with E-state index in [-0.39, 0.29) is 18.4 Å². The molecule has 0 spiro atoms. The van der Waals surface area contributed by atoms with Crippen molar-refractivity contribution >= 4 is 28.1 Å². The van der Waals surface area contributed by atoms with Gasteiger partial charge in [0.15, 0.2) is 5.13 Å². The van der Waals surface area contributed by atoms with Gasteiger partial charge in [-0.3, -0.25) is 9.69 Å². The molecule has 33 heavy (non-hydrogen) atoms. The first-order chi connectivity index (χ1) is 15.8. The number of piperidine rings is 1. The summed E-state index contributed by atoms with van der Waals surface area (Å²) in [4.78, 5) is 19.2. The number of thiazole rings is 1. The number of carbonyl (C=O) groups excluding carboxylic acids is 1. The first-order valence-corrected chi connectivity index (χ1v) is 11.7. The fraction of sp³-hybridized carbons (Fsp3) is 0.333. The Morgan fingerprint density at radius 3 is 2.58 bits per heavy atom. The topological polar surface area (TPSA) is 57.3 Å². The molecule has 0 bridgehead atoms. The Labute approximate surface area is 194 Å². The number of benzene rings is 2. The van der Waals surface area contributed by atoms with Crippen LogP contribution in [0, 0.1) is 0 Å². The van der Waals surface area contributed by atoms with Crippen LogP contribution >= 0.6 is 11.3 Å². The molecule has 2 heterocycles. The summed E-state index contributed by atoms with van der Waals surface area (Å²) in [6.07, 6.45) is -2.46. The van der Waals surface area contributed by atoms with Crippen LogP contribution in [0.3, 0.4) is 0 Å². The highest BCUT2D eigenvalue weighted by atomic mass is 32.1. The molecule has 174 valence electrons. The molecule has 1 saturated heterocycles. The summed E-state index contributed by atoms with van der Waals surface area (Å²) in [6.45, 7) is 2.78. The molecule has 5 nitrogen and oxygen atoms in total. The standard InChI is InChI=1S/C24H25F3N4OS/c25-24(26,27)18-7-4-8-20(13-18)29-23-30-21(16-33-23)14-22(32)28-19-9-11-31(12-10-19)15-17-5-2-1-3-6-17/h1-8,13,16,19H,9-12,14-15H2,(H,28,32)(H,29,30). The van der Waals surface area contributed by atoms with Gasteiger partial charge in [0, 0.05) is 36.7 Å². The largest absolute Gasteiger partial charge is 0.416 e. The number of amides is 1. The molecule has 0 atom stereocenters. The van der Waals surface area contributed by atoms with Crippen LogP contribution in [0.4, 0.5) is 24.0 Å². The molecule has 0 saturated carbocycles. The zero-order valence-electron chi connectivity index (χ0n) is 17.9. The Morgan fingerprint density at radius 1 is 1.09 bits per heavy atom. The summed E-state index contributed by atoms with van der Waals surface area (Å²) in [5.74, 6) is -0.0903. The predicted molar refractivity (Wildman–Crippen MR) is 123 cm³/mol. The third-order valence-corrected chi connectivity index (χ3v) is 6.34. The summed E-state index contributed by atoms with van der Waals surface area (Å²) < 4.78 is 38.6. The van der Waals surface area contributed by atoms with E-state index in [1.54, 1.807) is 11.4 Å². The molecule has 2 N–H and O–H groups in total. The van der Waals surface area contributed by atoms with Gasteiger partial charge in [0.1, 0.15) is 0 Å². The first-order valence-electron chi connectivity index (χ1n) is 10.8. The van der Waals surface area contributed by atoms with Crippen LogP contribution in [0.1, 0.15) is 29.7 Å². The number of rotatable bonds is 7. The second-order valence-corrected chi connectivity index (χ2v) is 8.99. The van der Waals surface area contributed by atoms with Crippen molar-refractivity contribution in [2.75, 3.05) is 18.4 Å². The number of nitrogens with one attached hydrogen (secondary N) is 2. The van der Waals surface area contributed by atoms with E-state index in [0.29, 0.717) is 16.5 Å². The molecule has 1 aliphatic rings. The molecule has 0 radical (unpaired) electrons. The normalized spacial score (nSPS) is 15.4. The van der Waals surface area contributed by atoms with Crippen LogP contribution in [0.2, 0.25) is 0 Å². The Bertz CT molecular complexity index is 1060. The average molecular weight is 475 g/mol. The van der Waals surface area contributed by atoms with Gasteiger partial charge in [0.05, 0.1) is 17.7 Å². The molecule has 0 aliphatic carbocycles. The molecule has 0 unspecified atom stereocenters. The van der Waals surface area contributed by atoms with E-state index in [0.717, 1.165) is 44.6 Å². The maximum atomic E-state index is 12.9. The van der Waals surface area contributed by atoms with Crippen LogP contribution in [-0.4, -0.2) is 34.9 Å². The lowest BCUT2D eigenvalue weighted by atomic mass is 10.0. The summed E-state index contributed by atoms with van der Waals surface area (Å²) in [7, 11) is 0. The zero-order chi connectivity index (χ0) is 23.3. The molecule has 3 aromatic rings. The lowest BCUT2D eigenvalue weighted by Crippen LogP contribution is -2.44. The van der Waals surface area contributed by atoms with Gasteiger partial charge < -0.3 is 10.6 Å². The Morgan fingerprint density at radius 2 is 1.85 bits per heavy atom. The Kier molecular flexibility index (Phi) is 7.29. The van der Waals surface area contributed by atoms with Crippen molar-refractivity contribution in [2.24, 2.45) is 0 Å². The van der Waals surface area contributed by atoms with Crippen molar-refractivity contribution < 1.29 is 18.0 Å². The van der Waals surface area contributed by atoms with Gasteiger partial charge in [-0.15, -0.1) is 11.3 Å². The summed E-state index contributed by atoms with van der Waals surface area (Å²) in [6, 6.07) is 15.4. The van der Waals surface area contributed by atoms with Crippen molar-refractivity contribution in [3.63, 3.8) is 0 Å². The molecule has 1 aromatic heterocycles. The van der Waals surface area contributed by atoms with Crippen LogP contribution < -0.4 is 10.6 Å². The smallest absolute Gasteiger partial charge is 0.353 e. The van der Waals surface area contributed by atoms with E-state index in [1.165, 1.54) is 23.0 Å². The van der Waals surface area contributed by atoms with E-state index in [9.17, 15) is 18.0 Å². The third-order valence-electron chi connectivity index (χ3n) is 5.54. The van der Waals surface area contributed by atoms with E-state index in [4.69, 9.17) is 0 Å². The SMILES string of the molecule is O=C(Cc1csc(Nc2cccc(C(F)(F)F)c2)n1)NC1CCN(Cc2ccccc2)CC1. The predicted octanol–water partition coefficient (Wildman–Crippen LogP) is 5.23. The number of anilines is 2. The minimum atomic E-state index is -4.40. The number of hydrogen-bond acceptors (Lipinski definition) is 5. The molecule has 9 heteroatoms. The van der Waals surface area contributed by atoms with E-state index in [2.05, 4.69) is 32.7 Å². The second kappa shape index (κ2) is 10.4. The summed E-state index contributed by atoms with van der Waals surface area (Å²) >= 11 is 1.26. The van der Waals surface area contributed by atoms with Crippen molar-refractivity contribution in [1.29, 1.82) is 0 Å². The highest BCUT2D eigenvalue weighted by Crippen LogP contribution is 2.31. The fourth-order valence-electron chi connectivity index (χ4n) is 3.86. The van der Waals surface area contributed by atoms with Gasteiger partial charge in [-0.1, -0.05) is 36.4 Å². The highest BCUT2D eigenvalue weighted by Gasteiger charge is 2.30. The minimum Gasteiger partial charge on any atom is -0.353 e. The number of likely N-dealkylation sites (tertiary alicyclic amines) is 1. The third kappa shape index (κ3) is 6.79. The quantitative estimate of drug-likeness (QED) is 0.493. The molecular formula is C24H25F3N4OS. The lowest BCUT2D eigenvalue weighted by Gasteiger charge is -2.32. The molecule has 1 amide bonds. The van der Waals surface area contributed by atoms with Crippen molar-refractivity contribution in [2.45, 2.75) is 38.0 Å². The highest BCUT2D eigenvalue weighted by molar-refractivity contribution is 7.13. The average Bonchev–Trinajstić information content (AvgIpc) is 3.22. The number of hydrogen-bond donors (Lipinski definition) is 2. The van der Waals surface area contributed by atoms with Crippen molar-refractivity contribution in [3.8, 4) is 0 Å². The number of aromatic nitrogens is 1. The molecule has 1 fully saturated rings. The van der Waals surface area contributed by atoms with Gasteiger partial charge in [-0.25, -0.2) is 4.98 Å². The van der Waals surface area contributed by atoms with E-state index >= 15 is 0 Å². The van der Waals surface area contributed by atoms with E-state index < -0.39 is 11.7 Å². The number of carbonyl (C=O) groups is 1. The monoisotopic (exact) mass is 474 g/mol. The van der Waals surface area contributed by atoms with Crippen molar-refractivity contribution in [3.05, 3.63) is 76.8 Å². The van der Waals surface area contributed by atoms with Crippen LogP contribution in [0.15, 0.2) is 60.0 Å². The van der Waals surface area contributed by atoms with Crippen LogP contribution in [0.25, 0.3) is 0 Å². The molecule has 2 aromatic carbocycles. The van der Waals surface area contributed by atoms with E-state index in [1.807, 2.05) is 18.2 Å². The summed E-state index contributed by atoms with van der Waals surface area (Å²) in [5.41, 5.74) is 1.46. The molecular weight excluding hydrogens is 449 g/mol. The fourth-order valence-corrected chi connectivity index (χ4v) is 4.59. The zero-order valence-corrected chi connectivity index (χ0v) is 18.8. The minimum absolute atomic E-state index is 0.0903. The Balaban J connectivity index is 1.23. The van der Waals surface area contributed by atoms with Gasteiger partial charge in [0.2, 0.25) is 5.91 Å². The summed E-state index contributed by atoms with van der Waals surface area (Å²) in [5, 5.41) is 8.17. The maximum absolute atomic E-state index is 12.9. The van der Waals surface area contributed by atoms with Gasteiger partial charge >= 0.3 is 6.18 Å². The number of alkyl halides is 3. The number of nitrogens with zero attached hydrogens (tertiary/aromatic N) is 2. The molecule has 1 aliphatic heterocycles. The van der Waals surface area contributed by atoms with Crippen LogP contribution in [-0.2, 0) is 23.9 Å². The first kappa shape index (κ1) is 23.3. The Hall–Kier alpha value is -2.91. The number of halogens is 3. The maximum Gasteiger partial charge on any atom is 0.416 e. The van der Waals surface area contributed by atoms with Crippen molar-refractivity contribution in [1.82, 2.24) is 15.2 Å². The van der Waals surface area contributed by atoms with Gasteiger partial charge in [-0.2, -0.15) is 13.2 Å². The lowest BCUT2D eigenvalue weighted by molar-refractivity contribution is -0.137. The van der Waals surface area contributed by atoms with Gasteiger partial charge in [-0.05, 0) is 36.6 Å².